The quantitative estimate of drug-likeness (QED) is 0.748. The average molecular weight is 370 g/mol. The van der Waals surface area contributed by atoms with Gasteiger partial charge in [-0.15, -0.1) is 0 Å². The van der Waals surface area contributed by atoms with Gasteiger partial charge in [0.05, 0.1) is 13.0 Å². The highest BCUT2D eigenvalue weighted by atomic mass is 16.5. The van der Waals surface area contributed by atoms with Crippen LogP contribution in [0.3, 0.4) is 0 Å². The van der Waals surface area contributed by atoms with Crippen LogP contribution < -0.4 is 14.8 Å². The third-order valence-electron chi connectivity index (χ3n) is 4.82. The number of hydrogen-bond donors (Lipinski definition) is 1. The molecule has 28 heavy (non-hydrogen) atoms. The molecule has 1 aliphatic rings. The normalized spacial score (nSPS) is 15.4. The van der Waals surface area contributed by atoms with Crippen molar-refractivity contribution >= 4 is 16.7 Å². The van der Waals surface area contributed by atoms with Gasteiger partial charge >= 0.3 is 0 Å². The van der Waals surface area contributed by atoms with Gasteiger partial charge in [0.2, 0.25) is 11.8 Å². The van der Waals surface area contributed by atoms with Crippen molar-refractivity contribution in [2.75, 3.05) is 7.11 Å². The summed E-state index contributed by atoms with van der Waals surface area (Å²) in [5, 5.41) is 14.5. The lowest BCUT2D eigenvalue weighted by atomic mass is 9.82. The van der Waals surface area contributed by atoms with Gasteiger partial charge in [0, 0.05) is 17.9 Å². The summed E-state index contributed by atoms with van der Waals surface area (Å²) in [6.45, 7) is 1.40. The Hall–Kier alpha value is -3.78. The Morgan fingerprint density at radius 1 is 1.11 bits per heavy atom. The third kappa shape index (κ3) is 2.95. The Bertz CT molecular complexity index is 1140. The van der Waals surface area contributed by atoms with Crippen LogP contribution in [-0.4, -0.2) is 13.0 Å². The minimum absolute atomic E-state index is 0.180. The summed E-state index contributed by atoms with van der Waals surface area (Å²) >= 11 is 0. The van der Waals surface area contributed by atoms with Gasteiger partial charge in [-0.3, -0.25) is 10.1 Å². The molecule has 0 fully saturated rings. The lowest BCUT2D eigenvalue weighted by Crippen LogP contribution is -2.29. The Morgan fingerprint density at radius 2 is 1.86 bits per heavy atom. The molecule has 1 unspecified atom stereocenters. The molecule has 0 saturated heterocycles. The zero-order chi connectivity index (χ0) is 19.7. The first-order valence-corrected chi connectivity index (χ1v) is 8.87. The molecule has 1 N–H and O–H groups in total. The van der Waals surface area contributed by atoms with Crippen LogP contribution in [0, 0.1) is 11.3 Å². The van der Waals surface area contributed by atoms with Crippen LogP contribution >= 0.6 is 0 Å². The number of fused-ring (bicyclic) bond motifs is 3. The van der Waals surface area contributed by atoms with Gasteiger partial charge in [-0.1, -0.05) is 48.5 Å². The second kappa shape index (κ2) is 7.09. The van der Waals surface area contributed by atoms with Crippen LogP contribution in [-0.2, 0) is 4.79 Å². The van der Waals surface area contributed by atoms with E-state index in [0.717, 1.165) is 27.6 Å². The topological polar surface area (TPSA) is 71.3 Å². The number of nitrogens with zero attached hydrogens (tertiary/aromatic N) is 1. The summed E-state index contributed by atoms with van der Waals surface area (Å²) < 4.78 is 11.3. The van der Waals surface area contributed by atoms with Gasteiger partial charge in [-0.25, -0.2) is 0 Å². The van der Waals surface area contributed by atoms with Crippen LogP contribution in [0.4, 0.5) is 0 Å². The van der Waals surface area contributed by atoms with Crippen molar-refractivity contribution in [1.82, 2.24) is 5.32 Å². The zero-order valence-electron chi connectivity index (χ0n) is 15.5. The van der Waals surface area contributed by atoms with Gasteiger partial charge in [0.1, 0.15) is 23.1 Å². The maximum atomic E-state index is 11.7. The Morgan fingerprint density at radius 3 is 2.54 bits per heavy atom. The molecule has 138 valence electrons. The van der Waals surface area contributed by atoms with Crippen LogP contribution in [0.15, 0.2) is 72.1 Å². The number of ether oxygens (including phenoxy) is 2. The summed E-state index contributed by atoms with van der Waals surface area (Å²) in [6.07, 6.45) is 0. The van der Waals surface area contributed by atoms with Crippen molar-refractivity contribution in [2.24, 2.45) is 0 Å². The van der Waals surface area contributed by atoms with E-state index in [2.05, 4.69) is 11.4 Å². The largest absolute Gasteiger partial charge is 0.497 e. The highest BCUT2D eigenvalue weighted by molar-refractivity contribution is 5.91. The predicted octanol–water partition coefficient (Wildman–Crippen LogP) is 4.24. The van der Waals surface area contributed by atoms with Crippen molar-refractivity contribution in [3.05, 3.63) is 83.2 Å². The van der Waals surface area contributed by atoms with Crippen LogP contribution in [0.1, 0.15) is 24.0 Å². The highest BCUT2D eigenvalue weighted by Gasteiger charge is 2.33. The number of benzene rings is 3. The van der Waals surface area contributed by atoms with Crippen molar-refractivity contribution in [3.8, 4) is 17.6 Å². The number of nitriles is 1. The number of methoxy groups -OCH3 is 1. The van der Waals surface area contributed by atoms with Crippen LogP contribution in [0.25, 0.3) is 10.8 Å². The molecule has 5 heteroatoms. The SMILES string of the molecule is COc1ccc(C2C(C#N)=C(NC(C)=O)Oc3c2ccc2ccccc32)cc1. The fourth-order valence-corrected chi connectivity index (χ4v) is 3.56. The molecule has 5 nitrogen and oxygen atoms in total. The van der Waals surface area contributed by atoms with E-state index < -0.39 is 0 Å². The smallest absolute Gasteiger partial charge is 0.223 e. The molecule has 1 atom stereocenters. The first kappa shape index (κ1) is 17.6. The number of allylic oxidation sites excluding steroid dienone is 1. The first-order valence-electron chi connectivity index (χ1n) is 8.87. The monoisotopic (exact) mass is 370 g/mol. The van der Waals surface area contributed by atoms with E-state index in [1.54, 1.807) is 7.11 Å². The molecule has 0 spiro atoms. The summed E-state index contributed by atoms with van der Waals surface area (Å²) in [6, 6.07) is 21.7. The first-order chi connectivity index (χ1) is 13.6. The van der Waals surface area contributed by atoms with E-state index in [-0.39, 0.29) is 17.7 Å². The van der Waals surface area contributed by atoms with E-state index in [1.165, 1.54) is 6.92 Å². The Labute approximate surface area is 162 Å². The summed E-state index contributed by atoms with van der Waals surface area (Å²) in [4.78, 5) is 11.7. The van der Waals surface area contributed by atoms with Gasteiger partial charge in [0.15, 0.2) is 0 Å². The van der Waals surface area contributed by atoms with Gasteiger partial charge < -0.3 is 9.47 Å². The van der Waals surface area contributed by atoms with E-state index in [9.17, 15) is 10.1 Å². The number of nitrogens with one attached hydrogen (secondary N) is 1. The van der Waals surface area contributed by atoms with Crippen LogP contribution in [0.2, 0.25) is 0 Å². The Kier molecular flexibility index (Phi) is 4.46. The lowest BCUT2D eigenvalue weighted by molar-refractivity contribution is -0.118. The fourth-order valence-electron chi connectivity index (χ4n) is 3.56. The molecular weight excluding hydrogens is 352 g/mol. The molecule has 0 bridgehead atoms. The number of hydrogen-bond acceptors (Lipinski definition) is 4. The van der Waals surface area contributed by atoms with E-state index in [4.69, 9.17) is 9.47 Å². The van der Waals surface area contributed by atoms with Crippen molar-refractivity contribution in [3.63, 3.8) is 0 Å². The van der Waals surface area contributed by atoms with Crippen LogP contribution in [0.5, 0.6) is 11.5 Å². The fraction of sp³-hybridized carbons (Fsp3) is 0.130. The number of carbonyl (C=O) groups excluding carboxylic acids is 1. The second-order valence-corrected chi connectivity index (χ2v) is 6.55. The molecule has 1 amide bonds. The molecule has 0 saturated carbocycles. The number of amides is 1. The molecule has 1 heterocycles. The molecule has 1 aliphatic heterocycles. The Balaban J connectivity index is 1.97. The van der Waals surface area contributed by atoms with Gasteiger partial charge in [0.25, 0.3) is 0 Å². The van der Waals surface area contributed by atoms with Gasteiger partial charge in [-0.2, -0.15) is 5.26 Å². The standard InChI is InChI=1S/C23H18N2O3/c1-14(26)25-23-20(13-24)21(16-7-10-17(27-2)11-8-16)19-12-9-15-5-3-4-6-18(15)22(19)28-23/h3-12,21H,1-2H3,(H,25,26). The minimum atomic E-state index is -0.355. The second-order valence-electron chi connectivity index (χ2n) is 6.55. The maximum Gasteiger partial charge on any atom is 0.223 e. The molecule has 0 aliphatic carbocycles. The molecule has 3 aromatic rings. The minimum Gasteiger partial charge on any atom is -0.497 e. The number of carbonyl (C=O) groups is 1. The molecule has 0 aromatic heterocycles. The maximum absolute atomic E-state index is 11.7. The average Bonchev–Trinajstić information content (AvgIpc) is 2.72. The molecule has 3 aromatic carbocycles. The van der Waals surface area contributed by atoms with E-state index in [1.807, 2.05) is 60.7 Å². The van der Waals surface area contributed by atoms with E-state index >= 15 is 0 Å². The highest BCUT2D eigenvalue weighted by Crippen LogP contribution is 2.45. The van der Waals surface area contributed by atoms with Gasteiger partial charge in [-0.05, 0) is 23.1 Å². The summed E-state index contributed by atoms with van der Waals surface area (Å²) in [5.74, 6) is 0.923. The lowest BCUT2D eigenvalue weighted by Gasteiger charge is -2.29. The van der Waals surface area contributed by atoms with Crippen molar-refractivity contribution < 1.29 is 14.3 Å². The molecule has 0 radical (unpaired) electrons. The van der Waals surface area contributed by atoms with Crippen molar-refractivity contribution in [2.45, 2.75) is 12.8 Å². The number of rotatable bonds is 3. The van der Waals surface area contributed by atoms with Crippen molar-refractivity contribution in [1.29, 1.82) is 5.26 Å². The van der Waals surface area contributed by atoms with E-state index in [0.29, 0.717) is 11.3 Å². The summed E-state index contributed by atoms with van der Waals surface area (Å²) in [5.41, 5.74) is 2.16. The summed E-state index contributed by atoms with van der Waals surface area (Å²) in [7, 11) is 1.61. The molecule has 4 rings (SSSR count). The third-order valence-corrected chi connectivity index (χ3v) is 4.82. The molecular formula is C23H18N2O3. The predicted molar refractivity (Wildman–Crippen MR) is 106 cm³/mol. The zero-order valence-corrected chi connectivity index (χ0v) is 15.5.